The number of rotatable bonds is 6. The number of hydrogen-bond donors (Lipinski definition) is 2. The number of alkyl halides is 3. The lowest BCUT2D eigenvalue weighted by molar-refractivity contribution is -0.137. The van der Waals surface area contributed by atoms with E-state index in [0.717, 1.165) is 29.8 Å². The highest BCUT2D eigenvalue weighted by Gasteiger charge is 2.31. The van der Waals surface area contributed by atoms with Gasteiger partial charge in [0.15, 0.2) is 0 Å². The second kappa shape index (κ2) is 9.17. The van der Waals surface area contributed by atoms with Crippen molar-refractivity contribution in [1.82, 2.24) is 10.3 Å². The summed E-state index contributed by atoms with van der Waals surface area (Å²) in [6, 6.07) is 10.8. The molecule has 0 fully saturated rings. The molecule has 2 N–H and O–H groups in total. The molecule has 1 aromatic heterocycles. The molecular weight excluding hydrogens is 467 g/mol. The molecule has 11 heteroatoms. The smallest absolute Gasteiger partial charge is 0.346 e. The molecule has 6 nitrogen and oxygen atoms in total. The van der Waals surface area contributed by atoms with Crippen molar-refractivity contribution in [3.8, 4) is 0 Å². The number of aromatic nitrogens is 1. The summed E-state index contributed by atoms with van der Waals surface area (Å²) in [5, 5.41) is 2.64. The Hall–Kier alpha value is -3.11. The molecule has 0 aliphatic heterocycles. The zero-order chi connectivity index (χ0) is 23.5. The van der Waals surface area contributed by atoms with Crippen LogP contribution in [0.15, 0.2) is 65.7 Å². The standard InChI is InChI=1S/C21H17ClF3N3O3S/c1-13-4-3-9-26-19(13)12-27-20(29)17-11-16(7-8-18(17)22)32(30,31)28-15-6-2-5-14(10-15)21(23,24)25/h2-11,28H,12H2,1H3,(H,27,29). The fraction of sp³-hybridized carbons (Fsp3) is 0.143. The maximum atomic E-state index is 12.9. The van der Waals surface area contributed by atoms with Crippen LogP contribution in [-0.2, 0) is 22.7 Å². The number of benzene rings is 2. The molecule has 1 amide bonds. The van der Waals surface area contributed by atoms with E-state index in [9.17, 15) is 26.4 Å². The number of amides is 1. The number of anilines is 1. The molecule has 0 radical (unpaired) electrons. The number of pyridine rings is 1. The summed E-state index contributed by atoms with van der Waals surface area (Å²) in [5.41, 5.74) is 0.115. The van der Waals surface area contributed by atoms with E-state index in [2.05, 4.69) is 15.0 Å². The molecule has 168 valence electrons. The molecule has 0 spiro atoms. The van der Waals surface area contributed by atoms with Crippen LogP contribution in [0.1, 0.15) is 27.2 Å². The Bertz CT molecular complexity index is 1260. The highest BCUT2D eigenvalue weighted by atomic mass is 35.5. The number of aryl methyl sites for hydroxylation is 1. The van der Waals surface area contributed by atoms with Gasteiger partial charge in [0.1, 0.15) is 0 Å². The van der Waals surface area contributed by atoms with Crippen LogP contribution >= 0.6 is 11.6 Å². The van der Waals surface area contributed by atoms with Gasteiger partial charge in [-0.25, -0.2) is 8.42 Å². The maximum Gasteiger partial charge on any atom is 0.416 e. The molecule has 0 aliphatic carbocycles. The summed E-state index contributed by atoms with van der Waals surface area (Å²) in [7, 11) is -4.29. The van der Waals surface area contributed by atoms with Crippen molar-refractivity contribution >= 4 is 33.2 Å². The van der Waals surface area contributed by atoms with Crippen LogP contribution in [0, 0.1) is 6.92 Å². The van der Waals surface area contributed by atoms with Gasteiger partial charge in [0.2, 0.25) is 0 Å². The summed E-state index contributed by atoms with van der Waals surface area (Å²) >= 11 is 6.07. The van der Waals surface area contributed by atoms with Crippen molar-refractivity contribution in [2.24, 2.45) is 0 Å². The Kier molecular flexibility index (Phi) is 6.75. The third kappa shape index (κ3) is 5.57. The first kappa shape index (κ1) is 23.6. The highest BCUT2D eigenvalue weighted by molar-refractivity contribution is 7.92. The Balaban J connectivity index is 1.82. The van der Waals surface area contributed by atoms with Gasteiger partial charge in [-0.3, -0.25) is 14.5 Å². The number of carbonyl (C=O) groups is 1. The quantitative estimate of drug-likeness (QED) is 0.527. The number of hydrogen-bond acceptors (Lipinski definition) is 4. The summed E-state index contributed by atoms with van der Waals surface area (Å²) < 4.78 is 66.1. The van der Waals surface area contributed by atoms with E-state index in [-0.39, 0.29) is 27.7 Å². The largest absolute Gasteiger partial charge is 0.416 e. The number of nitrogens with one attached hydrogen (secondary N) is 2. The number of nitrogens with zero attached hydrogens (tertiary/aromatic N) is 1. The summed E-state index contributed by atoms with van der Waals surface area (Å²) in [6.45, 7) is 1.93. The Morgan fingerprint density at radius 2 is 1.84 bits per heavy atom. The third-order valence-corrected chi connectivity index (χ3v) is 6.18. The Morgan fingerprint density at radius 3 is 2.53 bits per heavy atom. The van der Waals surface area contributed by atoms with E-state index in [0.29, 0.717) is 11.8 Å². The van der Waals surface area contributed by atoms with Gasteiger partial charge >= 0.3 is 6.18 Å². The molecule has 3 aromatic rings. The minimum Gasteiger partial charge on any atom is -0.346 e. The van der Waals surface area contributed by atoms with Crippen LogP contribution in [0.4, 0.5) is 18.9 Å². The lowest BCUT2D eigenvalue weighted by Gasteiger charge is -2.13. The minimum absolute atomic E-state index is 0.0123. The van der Waals surface area contributed by atoms with Crippen molar-refractivity contribution in [3.05, 3.63) is 88.2 Å². The predicted molar refractivity (Wildman–Crippen MR) is 114 cm³/mol. The van der Waals surface area contributed by atoms with E-state index < -0.39 is 27.7 Å². The number of carbonyl (C=O) groups excluding carboxylic acids is 1. The molecule has 0 saturated heterocycles. The highest BCUT2D eigenvalue weighted by Crippen LogP contribution is 2.31. The topological polar surface area (TPSA) is 88.2 Å². The van der Waals surface area contributed by atoms with Gasteiger partial charge in [-0.05, 0) is 55.0 Å². The maximum absolute atomic E-state index is 12.9. The second-order valence-electron chi connectivity index (χ2n) is 6.78. The monoisotopic (exact) mass is 483 g/mol. The predicted octanol–water partition coefficient (Wildman–Crippen LogP) is 4.79. The number of sulfonamides is 1. The Morgan fingerprint density at radius 1 is 1.09 bits per heavy atom. The first-order valence-electron chi connectivity index (χ1n) is 9.16. The van der Waals surface area contributed by atoms with E-state index in [1.165, 1.54) is 12.1 Å². The van der Waals surface area contributed by atoms with Crippen molar-refractivity contribution in [2.45, 2.75) is 24.5 Å². The van der Waals surface area contributed by atoms with E-state index >= 15 is 0 Å². The zero-order valence-corrected chi connectivity index (χ0v) is 18.1. The first-order chi connectivity index (χ1) is 15.0. The average molecular weight is 484 g/mol. The SMILES string of the molecule is Cc1cccnc1CNC(=O)c1cc(S(=O)(=O)Nc2cccc(C(F)(F)F)c2)ccc1Cl. The van der Waals surface area contributed by atoms with Gasteiger partial charge in [0, 0.05) is 11.9 Å². The van der Waals surface area contributed by atoms with Crippen LogP contribution < -0.4 is 10.0 Å². The molecular formula is C21H17ClF3N3O3S. The molecule has 0 saturated carbocycles. The summed E-state index contributed by atoms with van der Waals surface area (Å²) in [6.07, 6.45) is -3.05. The van der Waals surface area contributed by atoms with Crippen molar-refractivity contribution < 1.29 is 26.4 Å². The van der Waals surface area contributed by atoms with Gasteiger partial charge in [-0.15, -0.1) is 0 Å². The molecule has 3 rings (SSSR count). The lowest BCUT2D eigenvalue weighted by Crippen LogP contribution is -2.24. The van der Waals surface area contributed by atoms with Gasteiger partial charge in [-0.2, -0.15) is 13.2 Å². The van der Waals surface area contributed by atoms with Gasteiger partial charge in [0.05, 0.1) is 33.3 Å². The average Bonchev–Trinajstić information content (AvgIpc) is 2.72. The van der Waals surface area contributed by atoms with E-state index in [4.69, 9.17) is 11.6 Å². The minimum atomic E-state index is -4.63. The van der Waals surface area contributed by atoms with Gasteiger partial charge in [-0.1, -0.05) is 23.7 Å². The van der Waals surface area contributed by atoms with Crippen LogP contribution in [0.2, 0.25) is 5.02 Å². The fourth-order valence-corrected chi connectivity index (χ4v) is 4.06. The summed E-state index contributed by atoms with van der Waals surface area (Å²) in [4.78, 5) is 16.4. The van der Waals surface area contributed by atoms with Gasteiger partial charge < -0.3 is 5.32 Å². The van der Waals surface area contributed by atoms with E-state index in [1.807, 2.05) is 13.0 Å². The first-order valence-corrected chi connectivity index (χ1v) is 11.0. The van der Waals surface area contributed by atoms with Crippen LogP contribution in [-0.4, -0.2) is 19.3 Å². The van der Waals surface area contributed by atoms with Crippen LogP contribution in [0.5, 0.6) is 0 Å². The summed E-state index contributed by atoms with van der Waals surface area (Å²) in [5.74, 6) is -0.629. The third-order valence-electron chi connectivity index (χ3n) is 4.47. The van der Waals surface area contributed by atoms with Crippen molar-refractivity contribution in [2.75, 3.05) is 4.72 Å². The second-order valence-corrected chi connectivity index (χ2v) is 8.86. The van der Waals surface area contributed by atoms with Crippen LogP contribution in [0.3, 0.4) is 0 Å². The van der Waals surface area contributed by atoms with Crippen molar-refractivity contribution in [1.29, 1.82) is 0 Å². The number of halogens is 4. The molecule has 0 unspecified atom stereocenters. The molecule has 1 heterocycles. The molecule has 2 aromatic carbocycles. The molecule has 32 heavy (non-hydrogen) atoms. The van der Waals surface area contributed by atoms with Crippen LogP contribution in [0.25, 0.3) is 0 Å². The van der Waals surface area contributed by atoms with Gasteiger partial charge in [0.25, 0.3) is 15.9 Å². The zero-order valence-electron chi connectivity index (χ0n) is 16.6. The fourth-order valence-electron chi connectivity index (χ4n) is 2.78. The normalized spacial score (nSPS) is 11.8. The lowest BCUT2D eigenvalue weighted by atomic mass is 10.2. The van der Waals surface area contributed by atoms with Crippen molar-refractivity contribution in [3.63, 3.8) is 0 Å². The van der Waals surface area contributed by atoms with E-state index in [1.54, 1.807) is 12.3 Å². The molecule has 0 bridgehead atoms. The molecule has 0 aliphatic rings. The Labute approximate surface area is 187 Å². The molecule has 0 atom stereocenters.